The van der Waals surface area contributed by atoms with Crippen molar-refractivity contribution in [2.75, 3.05) is 13.7 Å². The van der Waals surface area contributed by atoms with Gasteiger partial charge < -0.3 is 15.2 Å². The molecule has 0 aromatic rings. The van der Waals surface area contributed by atoms with Gasteiger partial charge in [-0.2, -0.15) is 0 Å². The number of hydrogen-bond donors (Lipinski definition) is 2. The molecule has 3 unspecified atom stereocenters. The van der Waals surface area contributed by atoms with Crippen LogP contribution in [0.2, 0.25) is 0 Å². The van der Waals surface area contributed by atoms with Crippen molar-refractivity contribution in [3.8, 4) is 0 Å². The number of nitrogens with one attached hydrogen (secondary N) is 1. The zero-order valence-electron chi connectivity index (χ0n) is 13.1. The Morgan fingerprint density at radius 2 is 2.16 bits per heavy atom. The van der Waals surface area contributed by atoms with E-state index in [2.05, 4.69) is 19.2 Å². The fourth-order valence-corrected chi connectivity index (χ4v) is 3.13. The first-order valence-corrected chi connectivity index (χ1v) is 8.11. The fraction of sp³-hybridized carbons (Fsp3) is 1.00. The molecule has 0 amide bonds. The van der Waals surface area contributed by atoms with E-state index in [-0.39, 0.29) is 12.1 Å². The summed E-state index contributed by atoms with van der Waals surface area (Å²) in [5, 5.41) is 12.9. The lowest BCUT2D eigenvalue weighted by atomic mass is 9.80. The average molecular weight is 271 g/mol. The second-order valence-corrected chi connectivity index (χ2v) is 6.20. The summed E-state index contributed by atoms with van der Waals surface area (Å²) in [4.78, 5) is 0. The van der Waals surface area contributed by atoms with Crippen molar-refractivity contribution < 1.29 is 9.84 Å². The van der Waals surface area contributed by atoms with Gasteiger partial charge in [0.25, 0.3) is 0 Å². The van der Waals surface area contributed by atoms with Crippen molar-refractivity contribution in [2.45, 2.75) is 89.4 Å². The summed E-state index contributed by atoms with van der Waals surface area (Å²) in [5.41, 5.74) is -0.106. The average Bonchev–Trinajstić information content (AvgIpc) is 2.44. The van der Waals surface area contributed by atoms with E-state index < -0.39 is 0 Å². The standard InChI is InChI=1S/C16H33NO2/c1-4-5-6-7-9-14(2)19-15-10-8-11-16(12-15,13-18)17-3/h14-15,17-18H,4-13H2,1-3H3. The zero-order valence-corrected chi connectivity index (χ0v) is 13.1. The Labute approximate surface area is 119 Å². The van der Waals surface area contributed by atoms with Gasteiger partial charge in [-0.05, 0) is 46.1 Å². The van der Waals surface area contributed by atoms with Crippen LogP contribution in [-0.2, 0) is 4.74 Å². The van der Waals surface area contributed by atoms with E-state index in [4.69, 9.17) is 4.74 Å². The van der Waals surface area contributed by atoms with Gasteiger partial charge in [-0.15, -0.1) is 0 Å². The molecule has 0 heterocycles. The van der Waals surface area contributed by atoms with Crippen LogP contribution < -0.4 is 5.32 Å². The first-order valence-electron chi connectivity index (χ1n) is 8.11. The third kappa shape index (κ3) is 5.80. The Morgan fingerprint density at radius 3 is 2.79 bits per heavy atom. The molecular formula is C16H33NO2. The molecule has 3 heteroatoms. The van der Waals surface area contributed by atoms with E-state index in [1.165, 1.54) is 32.1 Å². The number of rotatable bonds is 9. The van der Waals surface area contributed by atoms with Gasteiger partial charge in [-0.25, -0.2) is 0 Å². The molecule has 1 saturated carbocycles. The molecular weight excluding hydrogens is 238 g/mol. The lowest BCUT2D eigenvalue weighted by molar-refractivity contribution is -0.0525. The number of likely N-dealkylation sites (N-methyl/N-ethyl adjacent to an activating group) is 1. The highest BCUT2D eigenvalue weighted by Gasteiger charge is 2.35. The Hall–Kier alpha value is -0.120. The van der Waals surface area contributed by atoms with Crippen molar-refractivity contribution in [1.29, 1.82) is 0 Å². The highest BCUT2D eigenvalue weighted by Crippen LogP contribution is 2.30. The first kappa shape index (κ1) is 16.9. The van der Waals surface area contributed by atoms with Gasteiger partial charge in [0.05, 0.1) is 18.8 Å². The molecule has 0 bridgehead atoms. The van der Waals surface area contributed by atoms with Gasteiger partial charge in [-0.3, -0.25) is 0 Å². The minimum atomic E-state index is -0.106. The van der Waals surface area contributed by atoms with Crippen LogP contribution in [0, 0.1) is 0 Å². The van der Waals surface area contributed by atoms with Gasteiger partial charge in [0, 0.05) is 5.54 Å². The molecule has 0 aromatic carbocycles. The normalized spacial score (nSPS) is 29.4. The van der Waals surface area contributed by atoms with Crippen molar-refractivity contribution in [2.24, 2.45) is 0 Å². The van der Waals surface area contributed by atoms with Crippen molar-refractivity contribution >= 4 is 0 Å². The van der Waals surface area contributed by atoms with Crippen LogP contribution in [0.4, 0.5) is 0 Å². The molecule has 1 aliphatic carbocycles. The van der Waals surface area contributed by atoms with E-state index >= 15 is 0 Å². The molecule has 1 fully saturated rings. The molecule has 0 saturated heterocycles. The van der Waals surface area contributed by atoms with Crippen LogP contribution in [0.3, 0.4) is 0 Å². The molecule has 114 valence electrons. The summed E-state index contributed by atoms with van der Waals surface area (Å²) >= 11 is 0. The zero-order chi connectivity index (χ0) is 14.1. The maximum atomic E-state index is 9.58. The summed E-state index contributed by atoms with van der Waals surface area (Å²) in [5.74, 6) is 0. The minimum absolute atomic E-state index is 0.106. The second kappa shape index (κ2) is 8.93. The van der Waals surface area contributed by atoms with Crippen molar-refractivity contribution in [3.63, 3.8) is 0 Å². The Bertz CT molecular complexity index is 229. The molecule has 3 nitrogen and oxygen atoms in total. The smallest absolute Gasteiger partial charge is 0.0614 e. The van der Waals surface area contributed by atoms with E-state index in [1.54, 1.807) is 0 Å². The van der Waals surface area contributed by atoms with Gasteiger partial charge in [0.2, 0.25) is 0 Å². The van der Waals surface area contributed by atoms with E-state index in [1.807, 2.05) is 7.05 Å². The number of aliphatic hydroxyl groups is 1. The van der Waals surface area contributed by atoms with E-state index in [9.17, 15) is 5.11 Å². The van der Waals surface area contributed by atoms with Gasteiger partial charge in [-0.1, -0.05) is 32.6 Å². The molecule has 0 spiro atoms. The summed E-state index contributed by atoms with van der Waals surface area (Å²) in [6.07, 6.45) is 11.4. The summed E-state index contributed by atoms with van der Waals surface area (Å²) in [7, 11) is 1.95. The maximum absolute atomic E-state index is 9.58. The number of ether oxygens (including phenoxy) is 1. The molecule has 0 aromatic heterocycles. The molecule has 1 aliphatic rings. The maximum Gasteiger partial charge on any atom is 0.0614 e. The molecule has 0 radical (unpaired) electrons. The molecule has 3 atom stereocenters. The summed E-state index contributed by atoms with van der Waals surface area (Å²) < 4.78 is 6.18. The summed E-state index contributed by atoms with van der Waals surface area (Å²) in [6.45, 7) is 4.66. The lowest BCUT2D eigenvalue weighted by Crippen LogP contribution is -2.51. The Kier molecular flexibility index (Phi) is 7.96. The lowest BCUT2D eigenvalue weighted by Gasteiger charge is -2.40. The van der Waals surface area contributed by atoms with Crippen LogP contribution in [0.15, 0.2) is 0 Å². The Balaban J connectivity index is 2.27. The fourth-order valence-electron chi connectivity index (χ4n) is 3.13. The van der Waals surface area contributed by atoms with Gasteiger partial charge in [0.15, 0.2) is 0 Å². The SMILES string of the molecule is CCCCCCC(C)OC1CCCC(CO)(NC)C1. The monoisotopic (exact) mass is 271 g/mol. The predicted octanol–water partition coefficient (Wildman–Crippen LogP) is 3.26. The van der Waals surface area contributed by atoms with E-state index in [0.29, 0.717) is 12.2 Å². The molecule has 1 rings (SSSR count). The summed E-state index contributed by atoms with van der Waals surface area (Å²) in [6, 6.07) is 0. The van der Waals surface area contributed by atoms with Crippen molar-refractivity contribution in [1.82, 2.24) is 5.32 Å². The first-order chi connectivity index (χ1) is 9.15. The van der Waals surface area contributed by atoms with E-state index in [0.717, 1.165) is 25.7 Å². The van der Waals surface area contributed by atoms with Crippen LogP contribution >= 0.6 is 0 Å². The molecule has 19 heavy (non-hydrogen) atoms. The third-order valence-corrected chi connectivity index (χ3v) is 4.52. The van der Waals surface area contributed by atoms with Gasteiger partial charge in [0.1, 0.15) is 0 Å². The predicted molar refractivity (Wildman–Crippen MR) is 80.4 cm³/mol. The van der Waals surface area contributed by atoms with Crippen LogP contribution in [0.25, 0.3) is 0 Å². The minimum Gasteiger partial charge on any atom is -0.394 e. The number of unbranched alkanes of at least 4 members (excludes halogenated alkanes) is 3. The van der Waals surface area contributed by atoms with Crippen LogP contribution in [-0.4, -0.2) is 36.5 Å². The highest BCUT2D eigenvalue weighted by molar-refractivity contribution is 4.93. The quantitative estimate of drug-likeness (QED) is 0.633. The number of hydrogen-bond acceptors (Lipinski definition) is 3. The topological polar surface area (TPSA) is 41.5 Å². The highest BCUT2D eigenvalue weighted by atomic mass is 16.5. The third-order valence-electron chi connectivity index (χ3n) is 4.52. The van der Waals surface area contributed by atoms with Crippen molar-refractivity contribution in [3.05, 3.63) is 0 Å². The second-order valence-electron chi connectivity index (χ2n) is 6.20. The molecule has 2 N–H and O–H groups in total. The van der Waals surface area contributed by atoms with Crippen LogP contribution in [0.1, 0.15) is 71.6 Å². The van der Waals surface area contributed by atoms with Crippen LogP contribution in [0.5, 0.6) is 0 Å². The molecule has 0 aliphatic heterocycles. The Morgan fingerprint density at radius 1 is 1.37 bits per heavy atom. The van der Waals surface area contributed by atoms with Gasteiger partial charge >= 0.3 is 0 Å². The number of aliphatic hydroxyl groups excluding tert-OH is 1. The largest absolute Gasteiger partial charge is 0.394 e.